The van der Waals surface area contributed by atoms with Crippen molar-refractivity contribution >= 4 is 12.1 Å². The first kappa shape index (κ1) is 25.8. The van der Waals surface area contributed by atoms with Crippen LogP contribution < -0.4 is 5.32 Å². The van der Waals surface area contributed by atoms with Gasteiger partial charge in [0.15, 0.2) is 0 Å². The predicted molar refractivity (Wildman–Crippen MR) is 133 cm³/mol. The summed E-state index contributed by atoms with van der Waals surface area (Å²) in [5.74, 6) is 0.130. The fraction of sp³-hybridized carbons (Fsp3) is 0.500. The third-order valence-electron chi connectivity index (χ3n) is 5.94. The molecule has 0 radical (unpaired) electrons. The summed E-state index contributed by atoms with van der Waals surface area (Å²) in [4.78, 5) is 24.7. The van der Waals surface area contributed by atoms with Crippen molar-refractivity contribution in [1.29, 1.82) is 0 Å². The summed E-state index contributed by atoms with van der Waals surface area (Å²) in [7, 11) is 0. The number of alkyl carbamates (subject to hydrolysis) is 1. The van der Waals surface area contributed by atoms with Crippen LogP contribution in [0.25, 0.3) is 11.1 Å². The second-order valence-corrected chi connectivity index (χ2v) is 9.55. The lowest BCUT2D eigenvalue weighted by Crippen LogP contribution is -2.32. The average Bonchev–Trinajstić information content (AvgIpc) is 3.12. The number of fused-ring (bicyclic) bond motifs is 3. The largest absolute Gasteiger partial charge is 0.463 e. The average molecular weight is 468 g/mol. The Morgan fingerprint density at radius 1 is 0.882 bits per heavy atom. The van der Waals surface area contributed by atoms with E-state index in [1.165, 1.54) is 22.3 Å². The Hall–Kier alpha value is -2.86. The van der Waals surface area contributed by atoms with Crippen molar-refractivity contribution in [2.75, 3.05) is 26.4 Å². The maximum atomic E-state index is 12.5. The summed E-state index contributed by atoms with van der Waals surface area (Å²) >= 11 is 0. The molecule has 0 aromatic heterocycles. The number of esters is 1. The molecule has 1 aliphatic carbocycles. The van der Waals surface area contributed by atoms with Gasteiger partial charge in [-0.15, -0.1) is 0 Å². The van der Waals surface area contributed by atoms with Crippen LogP contribution in [0.1, 0.15) is 57.6 Å². The first-order chi connectivity index (χ1) is 16.3. The molecule has 3 rings (SSSR count). The van der Waals surface area contributed by atoms with Gasteiger partial charge in [-0.05, 0) is 54.4 Å². The summed E-state index contributed by atoms with van der Waals surface area (Å²) in [6, 6.07) is 16.5. The van der Waals surface area contributed by atoms with Crippen LogP contribution in [0, 0.1) is 11.8 Å². The van der Waals surface area contributed by atoms with Gasteiger partial charge < -0.3 is 19.5 Å². The summed E-state index contributed by atoms with van der Waals surface area (Å²) in [6.45, 7) is 9.34. The molecule has 1 amide bonds. The van der Waals surface area contributed by atoms with Gasteiger partial charge in [0.1, 0.15) is 13.2 Å². The summed E-state index contributed by atoms with van der Waals surface area (Å²) in [5.41, 5.74) is 4.75. The molecule has 0 aliphatic heterocycles. The zero-order valence-electron chi connectivity index (χ0n) is 20.7. The van der Waals surface area contributed by atoms with E-state index < -0.39 is 6.09 Å². The van der Waals surface area contributed by atoms with E-state index in [4.69, 9.17) is 14.2 Å². The molecular weight excluding hydrogens is 430 g/mol. The summed E-state index contributed by atoms with van der Waals surface area (Å²) < 4.78 is 16.3. The smallest absolute Gasteiger partial charge is 0.407 e. The van der Waals surface area contributed by atoms with Gasteiger partial charge in [0.25, 0.3) is 0 Å². The van der Waals surface area contributed by atoms with Crippen molar-refractivity contribution in [2.24, 2.45) is 11.8 Å². The molecule has 184 valence electrons. The molecule has 6 nitrogen and oxygen atoms in total. The molecule has 0 saturated heterocycles. The van der Waals surface area contributed by atoms with Crippen LogP contribution in [0.2, 0.25) is 0 Å². The van der Waals surface area contributed by atoms with E-state index >= 15 is 0 Å². The molecule has 2 aromatic carbocycles. The standard InChI is InChI=1S/C28H37NO5/c1-19(2)15-21(16-27(30)33-14-13-32-20(3)4)17-29-28(31)34-18-26-24-11-7-5-9-22(24)23-10-6-8-12-25(23)26/h5-12,19-21,26H,13-18H2,1-4H3,(H,29,31). The van der Waals surface area contributed by atoms with Gasteiger partial charge in [0.05, 0.1) is 19.1 Å². The molecule has 0 saturated carbocycles. The molecule has 2 aromatic rings. The number of carbonyl (C=O) groups is 2. The van der Waals surface area contributed by atoms with Crippen molar-refractivity contribution in [3.05, 3.63) is 59.7 Å². The second-order valence-electron chi connectivity index (χ2n) is 9.55. The molecule has 0 heterocycles. The molecule has 0 fully saturated rings. The van der Waals surface area contributed by atoms with Gasteiger partial charge in [0.2, 0.25) is 0 Å². The van der Waals surface area contributed by atoms with Gasteiger partial charge in [-0.2, -0.15) is 0 Å². The Bertz CT molecular complexity index is 910. The lowest BCUT2D eigenvalue weighted by Gasteiger charge is -2.20. The number of hydrogen-bond donors (Lipinski definition) is 1. The molecule has 0 bridgehead atoms. The Labute approximate surface area is 203 Å². The van der Waals surface area contributed by atoms with Crippen molar-refractivity contribution in [1.82, 2.24) is 5.32 Å². The topological polar surface area (TPSA) is 73.9 Å². The molecule has 6 heteroatoms. The maximum Gasteiger partial charge on any atom is 0.407 e. The Morgan fingerprint density at radius 3 is 2.09 bits per heavy atom. The monoisotopic (exact) mass is 467 g/mol. The van der Waals surface area contributed by atoms with Crippen molar-refractivity contribution in [3.8, 4) is 11.1 Å². The first-order valence-electron chi connectivity index (χ1n) is 12.2. The van der Waals surface area contributed by atoms with E-state index in [-0.39, 0.29) is 43.5 Å². The predicted octanol–water partition coefficient (Wildman–Crippen LogP) is 5.55. The number of rotatable bonds is 12. The van der Waals surface area contributed by atoms with Gasteiger partial charge in [-0.3, -0.25) is 4.79 Å². The van der Waals surface area contributed by atoms with E-state index in [2.05, 4.69) is 43.4 Å². The van der Waals surface area contributed by atoms with E-state index in [1.807, 2.05) is 38.1 Å². The molecule has 1 aliphatic rings. The van der Waals surface area contributed by atoms with Gasteiger partial charge >= 0.3 is 12.1 Å². The minimum absolute atomic E-state index is 0.0148. The highest BCUT2D eigenvalue weighted by atomic mass is 16.6. The fourth-order valence-electron chi connectivity index (χ4n) is 4.52. The number of benzene rings is 2. The van der Waals surface area contributed by atoms with Crippen LogP contribution in [0.4, 0.5) is 4.79 Å². The fourth-order valence-corrected chi connectivity index (χ4v) is 4.52. The van der Waals surface area contributed by atoms with Crippen molar-refractivity contribution in [3.63, 3.8) is 0 Å². The first-order valence-corrected chi connectivity index (χ1v) is 12.2. The lowest BCUT2D eigenvalue weighted by atomic mass is 9.94. The highest BCUT2D eigenvalue weighted by molar-refractivity contribution is 5.79. The van der Waals surface area contributed by atoms with E-state index in [0.29, 0.717) is 19.1 Å². The number of hydrogen-bond acceptors (Lipinski definition) is 5. The van der Waals surface area contributed by atoms with Crippen LogP contribution >= 0.6 is 0 Å². The Morgan fingerprint density at radius 2 is 1.50 bits per heavy atom. The summed E-state index contributed by atoms with van der Waals surface area (Å²) in [5, 5.41) is 2.85. The highest BCUT2D eigenvalue weighted by Crippen LogP contribution is 2.44. The molecular formula is C28H37NO5. The lowest BCUT2D eigenvalue weighted by molar-refractivity contribution is -0.146. The van der Waals surface area contributed by atoms with E-state index in [0.717, 1.165) is 6.42 Å². The van der Waals surface area contributed by atoms with Crippen molar-refractivity contribution in [2.45, 2.75) is 52.6 Å². The zero-order chi connectivity index (χ0) is 24.5. The summed E-state index contributed by atoms with van der Waals surface area (Å²) in [6.07, 6.45) is 0.702. The quantitative estimate of drug-likeness (QED) is 0.327. The van der Waals surface area contributed by atoms with Gasteiger partial charge in [0, 0.05) is 12.5 Å². The van der Waals surface area contributed by atoms with Gasteiger partial charge in [-0.25, -0.2) is 4.79 Å². The van der Waals surface area contributed by atoms with Crippen LogP contribution in [-0.4, -0.2) is 44.5 Å². The zero-order valence-corrected chi connectivity index (χ0v) is 20.7. The highest BCUT2D eigenvalue weighted by Gasteiger charge is 2.29. The molecule has 1 unspecified atom stereocenters. The minimum Gasteiger partial charge on any atom is -0.463 e. The maximum absolute atomic E-state index is 12.5. The van der Waals surface area contributed by atoms with Gasteiger partial charge in [-0.1, -0.05) is 62.4 Å². The number of nitrogens with one attached hydrogen (secondary N) is 1. The van der Waals surface area contributed by atoms with Crippen LogP contribution in [0.3, 0.4) is 0 Å². The number of amides is 1. The third kappa shape index (κ3) is 7.32. The molecule has 1 N–H and O–H groups in total. The Kier molecular flexibility index (Phi) is 9.52. The van der Waals surface area contributed by atoms with Crippen LogP contribution in [0.15, 0.2) is 48.5 Å². The van der Waals surface area contributed by atoms with Crippen molar-refractivity contribution < 1.29 is 23.8 Å². The third-order valence-corrected chi connectivity index (χ3v) is 5.94. The number of carbonyl (C=O) groups excluding carboxylic acids is 2. The normalized spacial score (nSPS) is 13.5. The second kappa shape index (κ2) is 12.6. The number of ether oxygens (including phenoxy) is 3. The minimum atomic E-state index is -0.464. The molecule has 0 spiro atoms. The van der Waals surface area contributed by atoms with E-state index in [1.54, 1.807) is 0 Å². The van der Waals surface area contributed by atoms with Crippen LogP contribution in [0.5, 0.6) is 0 Å². The molecule has 34 heavy (non-hydrogen) atoms. The van der Waals surface area contributed by atoms with E-state index in [9.17, 15) is 9.59 Å². The SMILES string of the molecule is CC(C)CC(CNC(=O)OCC1c2ccccc2-c2ccccc21)CC(=O)OCCOC(C)C. The molecule has 1 atom stereocenters. The van der Waals surface area contributed by atoms with Crippen LogP contribution in [-0.2, 0) is 19.0 Å². The Balaban J connectivity index is 1.49.